The van der Waals surface area contributed by atoms with Gasteiger partial charge in [0.1, 0.15) is 12.4 Å². The van der Waals surface area contributed by atoms with Gasteiger partial charge in [0.15, 0.2) is 23.1 Å². The third kappa shape index (κ3) is 5.25. The first kappa shape index (κ1) is 24.3. The van der Waals surface area contributed by atoms with Gasteiger partial charge in [0.2, 0.25) is 5.91 Å². The predicted octanol–water partition coefficient (Wildman–Crippen LogP) is 3.68. The van der Waals surface area contributed by atoms with Gasteiger partial charge in [-0.25, -0.2) is 14.6 Å². The summed E-state index contributed by atoms with van der Waals surface area (Å²) in [6, 6.07) is 19.4. The van der Waals surface area contributed by atoms with E-state index in [0.29, 0.717) is 36.2 Å². The molecule has 190 valence electrons. The van der Waals surface area contributed by atoms with Gasteiger partial charge in [-0.1, -0.05) is 30.3 Å². The number of carbonyl (C=O) groups excluding carboxylic acids is 1. The van der Waals surface area contributed by atoms with Crippen LogP contribution in [0.4, 0.5) is 5.82 Å². The number of carbonyl (C=O) groups is 1. The molecule has 1 saturated heterocycles. The molecular formula is C28H30N6O3. The quantitative estimate of drug-likeness (QED) is 0.384. The number of ether oxygens (including phenoxy) is 2. The maximum Gasteiger partial charge on any atom is 0.244 e. The Morgan fingerprint density at radius 1 is 0.892 bits per heavy atom. The summed E-state index contributed by atoms with van der Waals surface area (Å²) in [4.78, 5) is 26.7. The van der Waals surface area contributed by atoms with E-state index in [4.69, 9.17) is 19.6 Å². The number of aromatic nitrogens is 4. The SMILES string of the molecule is COc1ccc(-c2nc(-c3ccccc3)n(CC(=O)N3CCN(c4cc(C)ccn4)CC3)n2)cc1OC. The van der Waals surface area contributed by atoms with Crippen LogP contribution in [-0.4, -0.2) is 71.0 Å². The minimum absolute atomic E-state index is 0.0118. The standard InChI is InChI=1S/C28H30N6O3/c1-20-11-12-29-25(17-20)32-13-15-33(16-14-32)26(35)19-34-28(21-7-5-4-6-8-21)30-27(31-34)22-9-10-23(36-2)24(18-22)37-3/h4-12,17-18H,13-16,19H2,1-3H3. The lowest BCUT2D eigenvalue weighted by atomic mass is 10.2. The Balaban J connectivity index is 1.37. The largest absolute Gasteiger partial charge is 0.493 e. The summed E-state index contributed by atoms with van der Waals surface area (Å²) in [5, 5.41) is 4.74. The molecule has 1 fully saturated rings. The minimum Gasteiger partial charge on any atom is -0.493 e. The van der Waals surface area contributed by atoms with Crippen molar-refractivity contribution < 1.29 is 14.3 Å². The van der Waals surface area contributed by atoms with Gasteiger partial charge < -0.3 is 19.3 Å². The van der Waals surface area contributed by atoms with Crippen LogP contribution in [0.1, 0.15) is 5.56 Å². The summed E-state index contributed by atoms with van der Waals surface area (Å²) in [6.45, 7) is 4.90. The molecule has 1 amide bonds. The number of hydrogen-bond donors (Lipinski definition) is 0. The maximum atomic E-state index is 13.3. The predicted molar refractivity (Wildman–Crippen MR) is 142 cm³/mol. The maximum absolute atomic E-state index is 13.3. The number of nitrogens with zero attached hydrogens (tertiary/aromatic N) is 6. The van der Waals surface area contributed by atoms with Gasteiger partial charge in [0, 0.05) is 43.5 Å². The zero-order valence-corrected chi connectivity index (χ0v) is 21.3. The topological polar surface area (TPSA) is 85.6 Å². The van der Waals surface area contributed by atoms with Crippen LogP contribution in [-0.2, 0) is 11.3 Å². The Hall–Kier alpha value is -4.40. The van der Waals surface area contributed by atoms with Gasteiger partial charge in [-0.3, -0.25) is 4.79 Å². The van der Waals surface area contributed by atoms with E-state index >= 15 is 0 Å². The molecule has 0 N–H and O–H groups in total. The van der Waals surface area contributed by atoms with E-state index in [1.165, 1.54) is 5.56 Å². The highest BCUT2D eigenvalue weighted by molar-refractivity contribution is 5.77. The van der Waals surface area contributed by atoms with E-state index in [9.17, 15) is 4.79 Å². The lowest BCUT2D eigenvalue weighted by Crippen LogP contribution is -2.50. The summed E-state index contributed by atoms with van der Waals surface area (Å²) in [7, 11) is 3.19. The molecule has 5 rings (SSSR count). The highest BCUT2D eigenvalue weighted by atomic mass is 16.5. The molecule has 0 bridgehead atoms. The third-order valence-corrected chi connectivity index (χ3v) is 6.49. The fraction of sp³-hybridized carbons (Fsp3) is 0.286. The van der Waals surface area contributed by atoms with Gasteiger partial charge in [-0.2, -0.15) is 0 Å². The zero-order chi connectivity index (χ0) is 25.8. The van der Waals surface area contributed by atoms with E-state index in [2.05, 4.69) is 22.9 Å². The number of hydrogen-bond acceptors (Lipinski definition) is 7. The monoisotopic (exact) mass is 498 g/mol. The van der Waals surface area contributed by atoms with Crippen LogP contribution in [0.15, 0.2) is 66.9 Å². The third-order valence-electron chi connectivity index (χ3n) is 6.49. The second kappa shape index (κ2) is 10.7. The van der Waals surface area contributed by atoms with Crippen LogP contribution in [0.25, 0.3) is 22.8 Å². The van der Waals surface area contributed by atoms with E-state index in [1.807, 2.05) is 65.7 Å². The number of aryl methyl sites for hydroxylation is 1. The fourth-order valence-electron chi connectivity index (χ4n) is 4.46. The number of rotatable bonds is 7. The van der Waals surface area contributed by atoms with E-state index < -0.39 is 0 Å². The Morgan fingerprint density at radius 2 is 1.65 bits per heavy atom. The van der Waals surface area contributed by atoms with E-state index in [0.717, 1.165) is 30.0 Å². The Morgan fingerprint density at radius 3 is 2.35 bits per heavy atom. The number of anilines is 1. The van der Waals surface area contributed by atoms with Gasteiger partial charge in [-0.15, -0.1) is 5.10 Å². The number of benzene rings is 2. The molecule has 0 spiro atoms. The first-order chi connectivity index (χ1) is 18.1. The molecule has 1 aliphatic heterocycles. The van der Waals surface area contributed by atoms with Crippen molar-refractivity contribution in [3.63, 3.8) is 0 Å². The number of methoxy groups -OCH3 is 2. The summed E-state index contributed by atoms with van der Waals surface area (Å²) < 4.78 is 12.5. The molecule has 3 heterocycles. The highest BCUT2D eigenvalue weighted by Gasteiger charge is 2.24. The molecule has 2 aromatic heterocycles. The first-order valence-corrected chi connectivity index (χ1v) is 12.2. The van der Waals surface area contributed by atoms with Gasteiger partial charge >= 0.3 is 0 Å². The minimum atomic E-state index is 0.0118. The smallest absolute Gasteiger partial charge is 0.244 e. The zero-order valence-electron chi connectivity index (χ0n) is 21.3. The molecule has 9 nitrogen and oxygen atoms in total. The van der Waals surface area contributed by atoms with Crippen molar-refractivity contribution in [2.24, 2.45) is 0 Å². The van der Waals surface area contributed by atoms with Crippen molar-refractivity contribution >= 4 is 11.7 Å². The summed E-state index contributed by atoms with van der Waals surface area (Å²) >= 11 is 0. The van der Waals surface area contributed by atoms with Gasteiger partial charge in [-0.05, 0) is 42.8 Å². The molecule has 0 aliphatic carbocycles. The van der Waals surface area contributed by atoms with Crippen molar-refractivity contribution in [2.75, 3.05) is 45.3 Å². The molecule has 0 atom stereocenters. The summed E-state index contributed by atoms with van der Waals surface area (Å²) in [5.74, 6) is 3.34. The fourth-order valence-corrected chi connectivity index (χ4v) is 4.46. The number of piperazine rings is 1. The second-order valence-electron chi connectivity index (χ2n) is 8.91. The van der Waals surface area contributed by atoms with E-state index in [1.54, 1.807) is 18.9 Å². The average molecular weight is 499 g/mol. The Labute approximate surface area is 216 Å². The molecular weight excluding hydrogens is 468 g/mol. The lowest BCUT2D eigenvalue weighted by Gasteiger charge is -2.35. The van der Waals surface area contributed by atoms with Crippen molar-refractivity contribution in [3.8, 4) is 34.3 Å². The van der Waals surface area contributed by atoms with Crippen LogP contribution >= 0.6 is 0 Å². The molecule has 1 aliphatic rings. The highest BCUT2D eigenvalue weighted by Crippen LogP contribution is 2.32. The molecule has 4 aromatic rings. The molecule has 9 heteroatoms. The first-order valence-electron chi connectivity index (χ1n) is 12.2. The van der Waals surface area contributed by atoms with Crippen molar-refractivity contribution in [2.45, 2.75) is 13.5 Å². The Kier molecular flexibility index (Phi) is 7.02. The molecule has 0 unspecified atom stereocenters. The van der Waals surface area contributed by atoms with Crippen LogP contribution in [0.5, 0.6) is 11.5 Å². The van der Waals surface area contributed by atoms with Crippen LogP contribution < -0.4 is 14.4 Å². The van der Waals surface area contributed by atoms with Crippen LogP contribution in [0.2, 0.25) is 0 Å². The van der Waals surface area contributed by atoms with Crippen molar-refractivity contribution in [1.82, 2.24) is 24.6 Å². The summed E-state index contributed by atoms with van der Waals surface area (Å²) in [5.41, 5.74) is 2.85. The van der Waals surface area contributed by atoms with Gasteiger partial charge in [0.05, 0.1) is 14.2 Å². The second-order valence-corrected chi connectivity index (χ2v) is 8.91. The molecule has 0 saturated carbocycles. The number of amides is 1. The van der Waals surface area contributed by atoms with Crippen molar-refractivity contribution in [1.29, 1.82) is 0 Å². The van der Waals surface area contributed by atoms with Crippen molar-refractivity contribution in [3.05, 3.63) is 72.4 Å². The van der Waals surface area contributed by atoms with Crippen LogP contribution in [0, 0.1) is 6.92 Å². The molecule has 37 heavy (non-hydrogen) atoms. The average Bonchev–Trinajstić information content (AvgIpc) is 3.37. The molecule has 2 aromatic carbocycles. The normalized spacial score (nSPS) is 13.5. The van der Waals surface area contributed by atoms with Crippen LogP contribution in [0.3, 0.4) is 0 Å². The Bertz CT molecular complexity index is 1380. The van der Waals surface area contributed by atoms with E-state index in [-0.39, 0.29) is 12.5 Å². The lowest BCUT2D eigenvalue weighted by molar-refractivity contribution is -0.132. The number of pyridine rings is 1. The summed E-state index contributed by atoms with van der Waals surface area (Å²) in [6.07, 6.45) is 1.83. The molecule has 0 radical (unpaired) electrons. The van der Waals surface area contributed by atoms with Gasteiger partial charge in [0.25, 0.3) is 0 Å².